The zero-order chi connectivity index (χ0) is 20.9. The predicted molar refractivity (Wildman–Crippen MR) is 98.1 cm³/mol. The van der Waals surface area contributed by atoms with Crippen LogP contribution in [0, 0.1) is 6.92 Å². The Morgan fingerprint density at radius 2 is 1.79 bits per heavy atom. The minimum Gasteiger partial charge on any atom is -0.389 e. The second kappa shape index (κ2) is 6.73. The van der Waals surface area contributed by atoms with E-state index in [0.717, 1.165) is 12.1 Å². The molecule has 0 bridgehead atoms. The van der Waals surface area contributed by atoms with Crippen LogP contribution in [0.2, 0.25) is 0 Å². The average Bonchev–Trinajstić information content (AvgIpc) is 3.00. The van der Waals surface area contributed by atoms with E-state index in [1.54, 1.807) is 27.7 Å². The lowest BCUT2D eigenvalue weighted by atomic mass is 10.1. The minimum absolute atomic E-state index is 0.0836. The van der Waals surface area contributed by atoms with E-state index in [9.17, 15) is 23.1 Å². The first-order valence-corrected chi connectivity index (χ1v) is 8.72. The van der Waals surface area contributed by atoms with Gasteiger partial charge in [-0.25, -0.2) is 9.67 Å². The van der Waals surface area contributed by atoms with Gasteiger partial charge in [0.1, 0.15) is 11.2 Å². The molecule has 3 rings (SSSR count). The smallest absolute Gasteiger partial charge is 0.389 e. The summed E-state index contributed by atoms with van der Waals surface area (Å²) in [5, 5.41) is 14.5. The number of hydrogen-bond donors (Lipinski definition) is 1. The summed E-state index contributed by atoms with van der Waals surface area (Å²) in [5.74, 6) is 0.418. The number of nitrogens with zero attached hydrogens (tertiary/aromatic N) is 4. The topological polar surface area (TPSA) is 72.9 Å². The van der Waals surface area contributed by atoms with E-state index in [-0.39, 0.29) is 17.5 Å². The van der Waals surface area contributed by atoms with E-state index in [1.165, 1.54) is 27.6 Å². The van der Waals surface area contributed by atoms with Gasteiger partial charge in [0.15, 0.2) is 5.65 Å². The van der Waals surface area contributed by atoms with Gasteiger partial charge < -0.3 is 5.11 Å². The molecule has 9 heteroatoms. The van der Waals surface area contributed by atoms with Gasteiger partial charge in [0.25, 0.3) is 5.56 Å². The molecule has 2 heterocycles. The normalized spacial score (nSPS) is 13.9. The molecule has 0 amide bonds. The molecule has 2 aromatic heterocycles. The third-order valence-electron chi connectivity index (χ3n) is 4.54. The molecule has 1 atom stereocenters. The van der Waals surface area contributed by atoms with Crippen molar-refractivity contribution < 1.29 is 18.3 Å². The van der Waals surface area contributed by atoms with Gasteiger partial charge in [-0.2, -0.15) is 18.3 Å². The Labute approximate surface area is 159 Å². The fraction of sp³-hybridized carbons (Fsp3) is 0.421. The first-order chi connectivity index (χ1) is 12.9. The van der Waals surface area contributed by atoms with Crippen LogP contribution in [0.15, 0.2) is 35.3 Å². The highest BCUT2D eigenvalue weighted by Crippen LogP contribution is 2.30. The van der Waals surface area contributed by atoms with Gasteiger partial charge in [0.05, 0.1) is 29.9 Å². The summed E-state index contributed by atoms with van der Waals surface area (Å²) in [7, 11) is 0. The van der Waals surface area contributed by atoms with Crippen LogP contribution in [0.5, 0.6) is 0 Å². The second-order valence-electron chi connectivity index (χ2n) is 7.48. The van der Waals surface area contributed by atoms with E-state index in [2.05, 4.69) is 10.1 Å². The van der Waals surface area contributed by atoms with Crippen molar-refractivity contribution in [3.05, 3.63) is 57.8 Å². The summed E-state index contributed by atoms with van der Waals surface area (Å²) >= 11 is 0. The Balaban J connectivity index is 2.04. The number of benzene rings is 1. The van der Waals surface area contributed by atoms with E-state index in [1.807, 2.05) is 0 Å². The Kier molecular flexibility index (Phi) is 4.82. The van der Waals surface area contributed by atoms with E-state index < -0.39 is 23.4 Å². The van der Waals surface area contributed by atoms with Crippen LogP contribution >= 0.6 is 0 Å². The molecule has 0 fully saturated rings. The van der Waals surface area contributed by atoms with Crippen molar-refractivity contribution in [1.29, 1.82) is 0 Å². The van der Waals surface area contributed by atoms with Crippen LogP contribution in [0.1, 0.15) is 43.8 Å². The number of aliphatic hydroxyl groups is 1. The molecule has 0 aliphatic heterocycles. The molecular formula is C19H21F3N4O2. The highest BCUT2D eigenvalue weighted by molar-refractivity contribution is 5.73. The Bertz CT molecular complexity index is 1060. The lowest BCUT2D eigenvalue weighted by molar-refractivity contribution is -0.137. The van der Waals surface area contributed by atoms with Crippen LogP contribution in [0.25, 0.3) is 11.0 Å². The molecule has 0 aliphatic carbocycles. The Morgan fingerprint density at radius 1 is 1.18 bits per heavy atom. The molecule has 0 spiro atoms. The van der Waals surface area contributed by atoms with Crippen LogP contribution < -0.4 is 5.56 Å². The fourth-order valence-electron chi connectivity index (χ4n) is 3.07. The molecule has 28 heavy (non-hydrogen) atoms. The van der Waals surface area contributed by atoms with Gasteiger partial charge in [0.2, 0.25) is 0 Å². The molecule has 6 nitrogen and oxygen atoms in total. The standard InChI is InChI=1S/C19H21F3N4O2/c1-11(13-5-7-14(8-6-13)19(20,21)22)26-16-15(9-23-26)17(27)25(12(2)24-16)10-18(3,4)28/h5-9,11,28H,10H2,1-4H3. The largest absolute Gasteiger partial charge is 0.416 e. The third-order valence-corrected chi connectivity index (χ3v) is 4.54. The number of hydrogen-bond acceptors (Lipinski definition) is 4. The molecule has 150 valence electrons. The average molecular weight is 394 g/mol. The number of rotatable bonds is 4. The molecule has 0 radical (unpaired) electrons. The lowest BCUT2D eigenvalue weighted by Crippen LogP contribution is -2.34. The van der Waals surface area contributed by atoms with Gasteiger partial charge in [-0.3, -0.25) is 9.36 Å². The Morgan fingerprint density at radius 3 is 2.32 bits per heavy atom. The molecule has 3 aromatic rings. The number of alkyl halides is 3. The van der Waals surface area contributed by atoms with Gasteiger partial charge in [-0.05, 0) is 45.4 Å². The quantitative estimate of drug-likeness (QED) is 0.737. The molecule has 0 saturated heterocycles. The van der Waals surface area contributed by atoms with Crippen LogP contribution in [-0.2, 0) is 12.7 Å². The zero-order valence-electron chi connectivity index (χ0n) is 15.9. The van der Waals surface area contributed by atoms with Crippen molar-refractivity contribution in [3.8, 4) is 0 Å². The van der Waals surface area contributed by atoms with Crippen molar-refractivity contribution in [2.24, 2.45) is 0 Å². The minimum atomic E-state index is -4.40. The maximum absolute atomic E-state index is 12.8. The monoisotopic (exact) mass is 394 g/mol. The SMILES string of the molecule is Cc1nc2c(cnn2C(C)c2ccc(C(F)(F)F)cc2)c(=O)n1CC(C)(C)O. The number of halogens is 3. The molecular weight excluding hydrogens is 373 g/mol. The van der Waals surface area contributed by atoms with Crippen molar-refractivity contribution in [2.75, 3.05) is 0 Å². The number of aryl methyl sites for hydroxylation is 1. The molecule has 1 unspecified atom stereocenters. The maximum Gasteiger partial charge on any atom is 0.416 e. The first kappa shape index (κ1) is 20.1. The van der Waals surface area contributed by atoms with Crippen molar-refractivity contribution in [3.63, 3.8) is 0 Å². The lowest BCUT2D eigenvalue weighted by Gasteiger charge is -2.20. The van der Waals surface area contributed by atoms with E-state index >= 15 is 0 Å². The van der Waals surface area contributed by atoms with Gasteiger partial charge in [-0.1, -0.05) is 12.1 Å². The highest BCUT2D eigenvalue weighted by Gasteiger charge is 2.30. The molecule has 0 saturated carbocycles. The first-order valence-electron chi connectivity index (χ1n) is 8.72. The van der Waals surface area contributed by atoms with Crippen molar-refractivity contribution in [1.82, 2.24) is 19.3 Å². The summed E-state index contributed by atoms with van der Waals surface area (Å²) in [6.45, 7) is 6.71. The number of aromatic nitrogens is 4. The Hall–Kier alpha value is -2.68. The summed E-state index contributed by atoms with van der Waals surface area (Å²) in [6, 6.07) is 4.40. The van der Waals surface area contributed by atoms with Gasteiger partial charge >= 0.3 is 6.18 Å². The van der Waals surface area contributed by atoms with Gasteiger partial charge in [-0.15, -0.1) is 0 Å². The third kappa shape index (κ3) is 3.80. The molecule has 1 aromatic carbocycles. The van der Waals surface area contributed by atoms with Crippen molar-refractivity contribution in [2.45, 2.75) is 52.1 Å². The van der Waals surface area contributed by atoms with Crippen LogP contribution in [0.4, 0.5) is 13.2 Å². The summed E-state index contributed by atoms with van der Waals surface area (Å²) in [5.41, 5.74) is -1.18. The molecule has 0 aliphatic rings. The summed E-state index contributed by atoms with van der Waals surface area (Å²) < 4.78 is 41.2. The maximum atomic E-state index is 12.8. The molecule has 1 N–H and O–H groups in total. The fourth-order valence-corrected chi connectivity index (χ4v) is 3.07. The number of fused-ring (bicyclic) bond motifs is 1. The van der Waals surface area contributed by atoms with Crippen LogP contribution in [0.3, 0.4) is 0 Å². The highest BCUT2D eigenvalue weighted by atomic mass is 19.4. The zero-order valence-corrected chi connectivity index (χ0v) is 15.9. The van der Waals surface area contributed by atoms with E-state index in [4.69, 9.17) is 0 Å². The summed E-state index contributed by atoms with van der Waals surface area (Å²) in [4.78, 5) is 17.2. The van der Waals surface area contributed by atoms with Crippen molar-refractivity contribution >= 4 is 11.0 Å². The summed E-state index contributed by atoms with van der Waals surface area (Å²) in [6.07, 6.45) is -3.00. The second-order valence-corrected chi connectivity index (χ2v) is 7.48. The predicted octanol–water partition coefficient (Wildman–Crippen LogP) is 3.30. The van der Waals surface area contributed by atoms with E-state index in [0.29, 0.717) is 17.0 Å². The van der Waals surface area contributed by atoms with Crippen LogP contribution in [-0.4, -0.2) is 30.0 Å². The van der Waals surface area contributed by atoms with Gasteiger partial charge in [0, 0.05) is 0 Å².